The van der Waals surface area contributed by atoms with Crippen molar-refractivity contribution in [3.8, 4) is 0 Å². The normalized spacial score (nSPS) is 16.9. The molecule has 3 N–H and O–H groups in total. The van der Waals surface area contributed by atoms with Crippen LogP contribution in [0.25, 0.3) is 0 Å². The van der Waals surface area contributed by atoms with Gasteiger partial charge in [0.05, 0.1) is 19.3 Å². The lowest BCUT2D eigenvalue weighted by atomic mass is 10.1. The van der Waals surface area contributed by atoms with E-state index in [2.05, 4.69) is 5.32 Å². The van der Waals surface area contributed by atoms with Gasteiger partial charge < -0.3 is 25.2 Å². The van der Waals surface area contributed by atoms with Crippen LogP contribution in [-0.4, -0.2) is 66.1 Å². The second-order valence-corrected chi connectivity index (χ2v) is 3.83. The third-order valence-electron chi connectivity index (χ3n) is 2.56. The zero-order valence-electron chi connectivity index (χ0n) is 9.59. The van der Waals surface area contributed by atoms with Crippen LogP contribution in [0.4, 0.5) is 4.79 Å². The van der Waals surface area contributed by atoms with Crippen molar-refractivity contribution in [2.45, 2.75) is 18.9 Å². The standard InChI is InChI=1S/C10H18N2O5/c13-5-6-17-8-1-3-12(4-2-8)10(16)11-7-9(14)15/h8,13H,1-7H2,(H,11,16)(H,14,15). The van der Waals surface area contributed by atoms with Crippen LogP contribution >= 0.6 is 0 Å². The molecule has 1 fully saturated rings. The van der Waals surface area contributed by atoms with Crippen LogP contribution in [0.1, 0.15) is 12.8 Å². The summed E-state index contributed by atoms with van der Waals surface area (Å²) in [6, 6.07) is -0.354. The van der Waals surface area contributed by atoms with E-state index in [0.29, 0.717) is 32.5 Å². The van der Waals surface area contributed by atoms with Gasteiger partial charge in [-0.2, -0.15) is 0 Å². The van der Waals surface area contributed by atoms with Crippen LogP contribution in [0.15, 0.2) is 0 Å². The maximum absolute atomic E-state index is 11.5. The first kappa shape index (κ1) is 13.7. The molecule has 98 valence electrons. The number of nitrogens with one attached hydrogen (secondary N) is 1. The Morgan fingerprint density at radius 2 is 2.00 bits per heavy atom. The van der Waals surface area contributed by atoms with Crippen LogP contribution in [0.5, 0.6) is 0 Å². The van der Waals surface area contributed by atoms with Gasteiger partial charge in [-0.1, -0.05) is 0 Å². The van der Waals surface area contributed by atoms with Crippen molar-refractivity contribution in [1.82, 2.24) is 10.2 Å². The first-order valence-corrected chi connectivity index (χ1v) is 5.60. The summed E-state index contributed by atoms with van der Waals surface area (Å²) in [5, 5.41) is 19.3. The van der Waals surface area contributed by atoms with Crippen molar-refractivity contribution in [1.29, 1.82) is 0 Å². The number of carbonyl (C=O) groups is 2. The van der Waals surface area contributed by atoms with E-state index >= 15 is 0 Å². The number of rotatable bonds is 5. The van der Waals surface area contributed by atoms with Gasteiger partial charge in [0.25, 0.3) is 0 Å². The molecule has 0 spiro atoms. The Bertz CT molecular complexity index is 263. The van der Waals surface area contributed by atoms with Gasteiger partial charge in [0.1, 0.15) is 6.54 Å². The molecular formula is C10H18N2O5. The summed E-state index contributed by atoms with van der Waals surface area (Å²) in [4.78, 5) is 23.3. The topological polar surface area (TPSA) is 99.1 Å². The Morgan fingerprint density at radius 3 is 2.53 bits per heavy atom. The minimum Gasteiger partial charge on any atom is -0.480 e. The maximum Gasteiger partial charge on any atom is 0.323 e. The molecule has 7 heteroatoms. The van der Waals surface area contributed by atoms with Crippen molar-refractivity contribution in [2.24, 2.45) is 0 Å². The van der Waals surface area contributed by atoms with E-state index in [9.17, 15) is 9.59 Å². The van der Waals surface area contributed by atoms with Crippen molar-refractivity contribution in [3.63, 3.8) is 0 Å². The Balaban J connectivity index is 2.21. The monoisotopic (exact) mass is 246 g/mol. The number of piperidine rings is 1. The van der Waals surface area contributed by atoms with Gasteiger partial charge in [0, 0.05) is 13.1 Å². The lowest BCUT2D eigenvalue weighted by Gasteiger charge is -2.31. The van der Waals surface area contributed by atoms with Gasteiger partial charge >= 0.3 is 12.0 Å². The first-order chi connectivity index (χ1) is 8.13. The van der Waals surface area contributed by atoms with Gasteiger partial charge in [-0.15, -0.1) is 0 Å². The molecule has 0 aromatic rings. The Labute approximate surface area is 99.4 Å². The third-order valence-corrected chi connectivity index (χ3v) is 2.56. The molecule has 17 heavy (non-hydrogen) atoms. The lowest BCUT2D eigenvalue weighted by molar-refractivity contribution is -0.135. The highest BCUT2D eigenvalue weighted by Gasteiger charge is 2.23. The number of hydrogen-bond donors (Lipinski definition) is 3. The Hall–Kier alpha value is -1.34. The minimum absolute atomic E-state index is 0.000683. The Kier molecular flexibility index (Phi) is 5.71. The zero-order valence-corrected chi connectivity index (χ0v) is 9.59. The number of hydrogen-bond acceptors (Lipinski definition) is 4. The molecule has 1 heterocycles. The lowest BCUT2D eigenvalue weighted by Crippen LogP contribution is -2.47. The first-order valence-electron chi connectivity index (χ1n) is 5.60. The summed E-state index contributed by atoms with van der Waals surface area (Å²) in [7, 11) is 0. The number of amides is 2. The van der Waals surface area contributed by atoms with E-state index in [1.165, 1.54) is 0 Å². The van der Waals surface area contributed by atoms with E-state index in [-0.39, 0.29) is 25.3 Å². The van der Waals surface area contributed by atoms with Crippen LogP contribution in [0.2, 0.25) is 0 Å². The quantitative estimate of drug-likeness (QED) is 0.593. The molecule has 0 radical (unpaired) electrons. The average Bonchev–Trinajstić information content (AvgIpc) is 2.34. The van der Waals surface area contributed by atoms with Crippen LogP contribution < -0.4 is 5.32 Å². The van der Waals surface area contributed by atoms with E-state index in [1.54, 1.807) is 4.90 Å². The van der Waals surface area contributed by atoms with Gasteiger partial charge in [-0.05, 0) is 12.8 Å². The molecule has 1 aliphatic heterocycles. The fourth-order valence-corrected chi connectivity index (χ4v) is 1.71. The number of ether oxygens (including phenoxy) is 1. The number of likely N-dealkylation sites (tertiary alicyclic amines) is 1. The van der Waals surface area contributed by atoms with E-state index in [0.717, 1.165) is 0 Å². The molecule has 1 saturated heterocycles. The molecular weight excluding hydrogens is 228 g/mol. The van der Waals surface area contributed by atoms with E-state index in [1.807, 2.05) is 0 Å². The van der Waals surface area contributed by atoms with Crippen molar-refractivity contribution >= 4 is 12.0 Å². The highest BCUT2D eigenvalue weighted by Crippen LogP contribution is 2.13. The number of nitrogens with zero attached hydrogens (tertiary/aromatic N) is 1. The average molecular weight is 246 g/mol. The van der Waals surface area contributed by atoms with Gasteiger partial charge in [0.15, 0.2) is 0 Å². The van der Waals surface area contributed by atoms with Crippen molar-refractivity contribution in [3.05, 3.63) is 0 Å². The predicted octanol–water partition coefficient (Wildman–Crippen LogP) is -0.746. The molecule has 1 aliphatic rings. The number of urea groups is 1. The molecule has 0 saturated carbocycles. The number of aliphatic hydroxyl groups excluding tert-OH is 1. The van der Waals surface area contributed by atoms with Crippen molar-refractivity contribution < 1.29 is 24.5 Å². The number of carboxylic acid groups (broad SMARTS) is 1. The predicted molar refractivity (Wildman–Crippen MR) is 58.7 cm³/mol. The second kappa shape index (κ2) is 7.08. The van der Waals surface area contributed by atoms with Gasteiger partial charge in [0.2, 0.25) is 0 Å². The van der Waals surface area contributed by atoms with Crippen LogP contribution in [0, 0.1) is 0 Å². The van der Waals surface area contributed by atoms with Gasteiger partial charge in [-0.3, -0.25) is 4.79 Å². The van der Waals surface area contributed by atoms with Crippen LogP contribution in [-0.2, 0) is 9.53 Å². The fourth-order valence-electron chi connectivity index (χ4n) is 1.71. The molecule has 2 amide bonds. The summed E-state index contributed by atoms with van der Waals surface area (Å²) in [5.41, 5.74) is 0. The van der Waals surface area contributed by atoms with E-state index < -0.39 is 5.97 Å². The molecule has 0 aromatic heterocycles. The molecule has 0 aromatic carbocycles. The molecule has 0 aliphatic carbocycles. The summed E-state index contributed by atoms with van der Waals surface area (Å²) in [6.45, 7) is 1.04. The summed E-state index contributed by atoms with van der Waals surface area (Å²) >= 11 is 0. The Morgan fingerprint density at radius 1 is 1.35 bits per heavy atom. The molecule has 7 nitrogen and oxygen atoms in total. The second-order valence-electron chi connectivity index (χ2n) is 3.83. The van der Waals surface area contributed by atoms with E-state index in [4.69, 9.17) is 14.9 Å². The SMILES string of the molecule is O=C(O)CNC(=O)N1CCC(OCCO)CC1. The maximum atomic E-state index is 11.5. The number of carboxylic acids is 1. The van der Waals surface area contributed by atoms with Crippen LogP contribution in [0.3, 0.4) is 0 Å². The summed E-state index contributed by atoms with van der Waals surface area (Å²) in [6.07, 6.45) is 1.49. The zero-order chi connectivity index (χ0) is 12.7. The van der Waals surface area contributed by atoms with Crippen molar-refractivity contribution in [2.75, 3.05) is 32.8 Å². The number of aliphatic hydroxyl groups is 1. The smallest absolute Gasteiger partial charge is 0.323 e. The highest BCUT2D eigenvalue weighted by atomic mass is 16.5. The fraction of sp³-hybridized carbons (Fsp3) is 0.800. The molecule has 0 bridgehead atoms. The number of aliphatic carboxylic acids is 1. The van der Waals surface area contributed by atoms with Gasteiger partial charge in [-0.25, -0.2) is 4.79 Å². The summed E-state index contributed by atoms with van der Waals surface area (Å²) < 4.78 is 5.36. The molecule has 0 atom stereocenters. The molecule has 1 rings (SSSR count). The number of carbonyl (C=O) groups excluding carboxylic acids is 1. The highest BCUT2D eigenvalue weighted by molar-refractivity contribution is 5.79. The third kappa shape index (κ3) is 5.01. The molecule has 0 unspecified atom stereocenters. The largest absolute Gasteiger partial charge is 0.480 e. The minimum atomic E-state index is -1.06. The summed E-state index contributed by atoms with van der Waals surface area (Å²) in [5.74, 6) is -1.06.